The summed E-state index contributed by atoms with van der Waals surface area (Å²) in [5.41, 5.74) is -1.12. The quantitative estimate of drug-likeness (QED) is 0.853. The predicted molar refractivity (Wildman–Crippen MR) is 86.1 cm³/mol. The monoisotopic (exact) mass is 336 g/mol. The Morgan fingerprint density at radius 1 is 1.38 bits per heavy atom. The number of nitriles is 1. The van der Waals surface area contributed by atoms with Gasteiger partial charge in [0.2, 0.25) is 5.76 Å². The number of amides is 2. The van der Waals surface area contributed by atoms with Gasteiger partial charge in [0.1, 0.15) is 11.3 Å². The number of rotatable bonds is 5. The van der Waals surface area contributed by atoms with Gasteiger partial charge in [0.05, 0.1) is 18.0 Å². The minimum atomic E-state index is -0.886. The van der Waals surface area contributed by atoms with E-state index in [-0.39, 0.29) is 18.2 Å². The van der Waals surface area contributed by atoms with Crippen LogP contribution in [0.2, 0.25) is 0 Å². The number of nitrogens with zero attached hydrogens (tertiary/aromatic N) is 2. The summed E-state index contributed by atoms with van der Waals surface area (Å²) >= 11 is 0. The van der Waals surface area contributed by atoms with Crippen molar-refractivity contribution in [2.24, 2.45) is 0 Å². The lowest BCUT2D eigenvalue weighted by molar-refractivity contribution is 0.0466. The molecule has 0 saturated heterocycles. The van der Waals surface area contributed by atoms with Crippen LogP contribution in [0.1, 0.15) is 64.2 Å². The van der Waals surface area contributed by atoms with E-state index >= 15 is 0 Å². The Hall–Kier alpha value is -2.56. The minimum Gasteiger partial charge on any atom is -0.444 e. The second-order valence-electron chi connectivity index (χ2n) is 7.07. The third-order valence-electron chi connectivity index (χ3n) is 2.96. The standard InChI is InChI=1S/C16H24N4O4/c1-10(7-8-17)18-13(21)11-9-12(20-24-11)16(5,6)19-14(22)23-15(2,3)4/h9-10H,7H2,1-6H3,(H,18,21)(H,19,22). The zero-order valence-electron chi connectivity index (χ0n) is 14.9. The van der Waals surface area contributed by atoms with Crippen LogP contribution in [0.5, 0.6) is 0 Å². The average molecular weight is 336 g/mol. The van der Waals surface area contributed by atoms with Crippen molar-refractivity contribution >= 4 is 12.0 Å². The van der Waals surface area contributed by atoms with E-state index < -0.39 is 23.1 Å². The first-order chi connectivity index (χ1) is 10.9. The molecule has 132 valence electrons. The minimum absolute atomic E-state index is 0.00820. The van der Waals surface area contributed by atoms with Crippen molar-refractivity contribution in [3.63, 3.8) is 0 Å². The molecule has 0 fully saturated rings. The second-order valence-corrected chi connectivity index (χ2v) is 7.07. The van der Waals surface area contributed by atoms with Crippen LogP contribution in [0, 0.1) is 11.3 Å². The van der Waals surface area contributed by atoms with Crippen molar-refractivity contribution in [1.29, 1.82) is 5.26 Å². The maximum atomic E-state index is 12.0. The highest BCUT2D eigenvalue weighted by atomic mass is 16.6. The summed E-state index contributed by atoms with van der Waals surface area (Å²) in [5, 5.41) is 17.8. The molecule has 2 N–H and O–H groups in total. The topological polar surface area (TPSA) is 117 Å². The second kappa shape index (κ2) is 7.34. The Morgan fingerprint density at radius 3 is 2.54 bits per heavy atom. The molecular weight excluding hydrogens is 312 g/mol. The number of alkyl carbamates (subject to hydrolysis) is 1. The number of carbonyl (C=O) groups excluding carboxylic acids is 2. The average Bonchev–Trinajstić information content (AvgIpc) is 2.85. The van der Waals surface area contributed by atoms with Crippen LogP contribution >= 0.6 is 0 Å². The fraction of sp³-hybridized carbons (Fsp3) is 0.625. The van der Waals surface area contributed by atoms with Gasteiger partial charge in [-0.25, -0.2) is 4.79 Å². The number of aromatic nitrogens is 1. The lowest BCUT2D eigenvalue weighted by Crippen LogP contribution is -2.44. The lowest BCUT2D eigenvalue weighted by Gasteiger charge is -2.26. The van der Waals surface area contributed by atoms with Crippen molar-refractivity contribution in [1.82, 2.24) is 15.8 Å². The maximum absolute atomic E-state index is 12.0. The molecule has 1 aromatic heterocycles. The van der Waals surface area contributed by atoms with Gasteiger partial charge in [-0.05, 0) is 41.5 Å². The first kappa shape index (κ1) is 19.5. The largest absolute Gasteiger partial charge is 0.444 e. The van der Waals surface area contributed by atoms with E-state index in [1.807, 2.05) is 6.07 Å². The van der Waals surface area contributed by atoms with Crippen molar-refractivity contribution in [2.75, 3.05) is 0 Å². The SMILES string of the molecule is CC(CC#N)NC(=O)c1cc(C(C)(C)NC(=O)OC(C)(C)C)no1. The number of nitrogens with one attached hydrogen (secondary N) is 2. The van der Waals surface area contributed by atoms with Crippen LogP contribution in [0.4, 0.5) is 4.79 Å². The zero-order valence-corrected chi connectivity index (χ0v) is 14.9. The molecule has 0 bridgehead atoms. The normalized spacial score (nSPS) is 12.9. The maximum Gasteiger partial charge on any atom is 0.408 e. The van der Waals surface area contributed by atoms with Gasteiger partial charge in [-0.3, -0.25) is 4.79 Å². The van der Waals surface area contributed by atoms with E-state index in [1.165, 1.54) is 6.07 Å². The molecule has 0 spiro atoms. The third-order valence-corrected chi connectivity index (χ3v) is 2.96. The Kier molecular flexibility index (Phi) is 5.96. The van der Waals surface area contributed by atoms with E-state index in [0.717, 1.165) is 0 Å². The van der Waals surface area contributed by atoms with Crippen LogP contribution in [-0.2, 0) is 10.3 Å². The molecule has 1 unspecified atom stereocenters. The van der Waals surface area contributed by atoms with Crippen LogP contribution in [0.3, 0.4) is 0 Å². The molecule has 0 aliphatic carbocycles. The number of hydrogen-bond acceptors (Lipinski definition) is 6. The fourth-order valence-electron chi connectivity index (χ4n) is 1.78. The number of carbonyl (C=O) groups is 2. The van der Waals surface area contributed by atoms with Gasteiger partial charge >= 0.3 is 6.09 Å². The van der Waals surface area contributed by atoms with Crippen molar-refractivity contribution in [3.05, 3.63) is 17.5 Å². The fourth-order valence-corrected chi connectivity index (χ4v) is 1.78. The third kappa shape index (κ3) is 5.91. The molecule has 0 aliphatic heterocycles. The molecule has 0 aromatic carbocycles. The summed E-state index contributed by atoms with van der Waals surface area (Å²) in [6.45, 7) is 10.4. The molecule has 0 saturated carbocycles. The molecule has 0 radical (unpaired) electrons. The Bertz CT molecular complexity index is 637. The summed E-state index contributed by atoms with van der Waals surface area (Å²) < 4.78 is 10.2. The molecule has 2 amide bonds. The summed E-state index contributed by atoms with van der Waals surface area (Å²) in [6, 6.07) is 3.12. The van der Waals surface area contributed by atoms with Crippen LogP contribution in [0.25, 0.3) is 0 Å². The summed E-state index contributed by atoms with van der Waals surface area (Å²) in [7, 11) is 0. The van der Waals surface area contributed by atoms with Crippen molar-refractivity contribution < 1.29 is 18.8 Å². The number of ether oxygens (including phenoxy) is 1. The first-order valence-corrected chi connectivity index (χ1v) is 7.61. The van der Waals surface area contributed by atoms with Crippen molar-refractivity contribution in [2.45, 2.75) is 65.1 Å². The Labute approximate surface area is 141 Å². The van der Waals surface area contributed by atoms with Gasteiger partial charge in [0.15, 0.2) is 0 Å². The van der Waals surface area contributed by atoms with Crippen LogP contribution in [0.15, 0.2) is 10.6 Å². The van der Waals surface area contributed by atoms with Crippen molar-refractivity contribution in [3.8, 4) is 6.07 Å². The van der Waals surface area contributed by atoms with Gasteiger partial charge < -0.3 is 19.9 Å². The van der Waals surface area contributed by atoms with E-state index in [1.54, 1.807) is 41.5 Å². The molecular formula is C16H24N4O4. The highest BCUT2D eigenvalue weighted by molar-refractivity contribution is 5.91. The molecule has 0 aliphatic rings. The molecule has 1 rings (SSSR count). The van der Waals surface area contributed by atoms with Gasteiger partial charge in [-0.15, -0.1) is 0 Å². The van der Waals surface area contributed by atoms with Gasteiger partial charge in [-0.1, -0.05) is 5.16 Å². The highest BCUT2D eigenvalue weighted by Gasteiger charge is 2.30. The van der Waals surface area contributed by atoms with Gasteiger partial charge in [0.25, 0.3) is 5.91 Å². The summed E-state index contributed by atoms with van der Waals surface area (Å²) in [6.07, 6.45) is -0.401. The summed E-state index contributed by atoms with van der Waals surface area (Å²) in [4.78, 5) is 23.9. The molecule has 8 nitrogen and oxygen atoms in total. The van der Waals surface area contributed by atoms with E-state index in [4.69, 9.17) is 14.5 Å². The van der Waals surface area contributed by atoms with Crippen LogP contribution < -0.4 is 10.6 Å². The lowest BCUT2D eigenvalue weighted by atomic mass is 10.0. The smallest absolute Gasteiger partial charge is 0.408 e. The van der Waals surface area contributed by atoms with E-state index in [2.05, 4.69) is 15.8 Å². The zero-order chi connectivity index (χ0) is 18.5. The van der Waals surface area contributed by atoms with E-state index in [9.17, 15) is 9.59 Å². The molecule has 1 aromatic rings. The number of hydrogen-bond donors (Lipinski definition) is 2. The summed E-state index contributed by atoms with van der Waals surface area (Å²) in [5.74, 6) is -0.460. The van der Waals surface area contributed by atoms with Gasteiger partial charge in [0, 0.05) is 12.1 Å². The highest BCUT2D eigenvalue weighted by Crippen LogP contribution is 2.21. The molecule has 24 heavy (non-hydrogen) atoms. The molecule has 1 atom stereocenters. The van der Waals surface area contributed by atoms with Crippen LogP contribution in [-0.4, -0.2) is 28.8 Å². The van der Waals surface area contributed by atoms with Gasteiger partial charge in [-0.2, -0.15) is 5.26 Å². The molecule has 1 heterocycles. The first-order valence-electron chi connectivity index (χ1n) is 7.61. The van der Waals surface area contributed by atoms with E-state index in [0.29, 0.717) is 5.69 Å². The Morgan fingerprint density at radius 2 is 2.00 bits per heavy atom. The predicted octanol–water partition coefficient (Wildman–Crippen LogP) is 2.47. The Balaban J connectivity index is 2.77. The molecule has 8 heteroatoms.